The number of likely N-dealkylation sites (tertiary alicyclic amines) is 1. The molecule has 2 heterocycles. The topological polar surface area (TPSA) is 71.5 Å². The second kappa shape index (κ2) is 11.2. The van der Waals surface area contributed by atoms with Crippen molar-refractivity contribution in [2.45, 2.75) is 51.0 Å². The zero-order valence-electron chi connectivity index (χ0n) is 20.7. The number of hydrogen-bond acceptors (Lipinski definition) is 5. The van der Waals surface area contributed by atoms with Crippen LogP contribution in [-0.4, -0.2) is 41.9 Å². The third kappa shape index (κ3) is 5.62. The molecule has 0 radical (unpaired) electrons. The van der Waals surface area contributed by atoms with Crippen LogP contribution in [0.2, 0.25) is 0 Å². The van der Waals surface area contributed by atoms with Gasteiger partial charge in [0.2, 0.25) is 5.91 Å². The van der Waals surface area contributed by atoms with Crippen LogP contribution in [0, 0.1) is 5.92 Å². The molecule has 1 saturated heterocycles. The molecule has 0 spiro atoms. The van der Waals surface area contributed by atoms with Crippen molar-refractivity contribution in [1.82, 2.24) is 15.2 Å². The first-order chi connectivity index (χ1) is 17.6. The highest BCUT2D eigenvalue weighted by Gasteiger charge is 2.26. The number of ether oxygens (including phenoxy) is 1. The molecular formula is C29H33N3O3S. The number of benzene rings is 2. The third-order valence-corrected chi connectivity index (χ3v) is 8.30. The number of thiazole rings is 1. The van der Waals surface area contributed by atoms with Gasteiger partial charge in [-0.3, -0.25) is 9.59 Å². The fourth-order valence-electron chi connectivity index (χ4n) is 5.40. The average molecular weight is 504 g/mol. The number of aryl methyl sites for hydroxylation is 1. The maximum absolute atomic E-state index is 12.9. The summed E-state index contributed by atoms with van der Waals surface area (Å²) < 4.78 is 5.39. The second-order valence-electron chi connectivity index (χ2n) is 9.76. The summed E-state index contributed by atoms with van der Waals surface area (Å²) in [5.41, 5.74) is 4.01. The zero-order chi connectivity index (χ0) is 24.9. The maximum atomic E-state index is 12.9. The van der Waals surface area contributed by atoms with Crippen LogP contribution < -0.4 is 10.1 Å². The molecule has 1 aromatic heterocycles. The summed E-state index contributed by atoms with van der Waals surface area (Å²) in [5.74, 6) is 1.30. The van der Waals surface area contributed by atoms with Crippen molar-refractivity contribution in [2.75, 3.05) is 20.2 Å². The van der Waals surface area contributed by atoms with E-state index < -0.39 is 0 Å². The molecule has 0 saturated carbocycles. The van der Waals surface area contributed by atoms with Gasteiger partial charge in [-0.15, -0.1) is 11.3 Å². The van der Waals surface area contributed by atoms with Crippen LogP contribution >= 0.6 is 11.3 Å². The lowest BCUT2D eigenvalue weighted by molar-refractivity contribution is -0.131. The molecule has 1 unspecified atom stereocenters. The number of carbonyl (C=O) groups is 2. The second-order valence-corrected chi connectivity index (χ2v) is 10.7. The number of aromatic nitrogens is 1. The van der Waals surface area contributed by atoms with Crippen LogP contribution in [0.3, 0.4) is 0 Å². The van der Waals surface area contributed by atoms with Crippen molar-refractivity contribution in [3.05, 3.63) is 81.3 Å². The number of fused-ring (bicyclic) bond motifs is 1. The van der Waals surface area contributed by atoms with Crippen LogP contribution in [0.4, 0.5) is 0 Å². The fraction of sp³-hybridized carbons (Fsp3) is 0.414. The lowest BCUT2D eigenvalue weighted by atomic mass is 9.88. The molecule has 1 aliphatic carbocycles. The fourth-order valence-corrected chi connectivity index (χ4v) is 6.29. The van der Waals surface area contributed by atoms with E-state index in [0.717, 1.165) is 67.9 Å². The van der Waals surface area contributed by atoms with Gasteiger partial charge in [-0.05, 0) is 55.2 Å². The summed E-state index contributed by atoms with van der Waals surface area (Å²) in [6.45, 7) is 1.52. The highest BCUT2D eigenvalue weighted by molar-refractivity contribution is 7.09. The van der Waals surface area contributed by atoms with E-state index in [9.17, 15) is 9.59 Å². The minimum Gasteiger partial charge on any atom is -0.496 e. The van der Waals surface area contributed by atoms with E-state index in [1.807, 2.05) is 40.6 Å². The van der Waals surface area contributed by atoms with Gasteiger partial charge in [-0.2, -0.15) is 0 Å². The Labute approximate surface area is 216 Å². The molecular weight excluding hydrogens is 470 g/mol. The molecule has 1 atom stereocenters. The summed E-state index contributed by atoms with van der Waals surface area (Å²) in [6.07, 6.45) is 6.27. The number of nitrogens with zero attached hydrogens (tertiary/aromatic N) is 2. The monoisotopic (exact) mass is 503 g/mol. The van der Waals surface area contributed by atoms with Crippen LogP contribution in [0.5, 0.6) is 5.75 Å². The number of nitrogens with one attached hydrogen (secondary N) is 1. The molecule has 1 aliphatic heterocycles. The first-order valence-electron chi connectivity index (χ1n) is 12.8. The van der Waals surface area contributed by atoms with Gasteiger partial charge in [0.25, 0.3) is 5.91 Å². The van der Waals surface area contributed by atoms with Crippen molar-refractivity contribution >= 4 is 23.2 Å². The highest BCUT2D eigenvalue weighted by atomic mass is 32.1. The van der Waals surface area contributed by atoms with Gasteiger partial charge in [0.15, 0.2) is 0 Å². The lowest BCUT2D eigenvalue weighted by Crippen LogP contribution is -2.39. The molecule has 2 aliphatic rings. The Morgan fingerprint density at radius 3 is 2.69 bits per heavy atom. The van der Waals surface area contributed by atoms with E-state index in [1.54, 1.807) is 18.4 Å². The standard InChI is InChI=1S/C29H33N3O3S/c1-35-26-12-5-3-8-22(26)18-28(33)32-15-13-20(14-16-32)17-27-30-25(19-36-27)29(34)31-24-11-6-9-21-7-2-4-10-23(21)24/h2-5,7-8,10,12,19-20,24H,6,9,11,13-18H2,1H3,(H,31,34). The van der Waals surface area contributed by atoms with E-state index in [-0.39, 0.29) is 17.9 Å². The molecule has 1 fully saturated rings. The summed E-state index contributed by atoms with van der Waals surface area (Å²) in [7, 11) is 1.64. The molecule has 2 aromatic carbocycles. The highest BCUT2D eigenvalue weighted by Crippen LogP contribution is 2.30. The van der Waals surface area contributed by atoms with Crippen molar-refractivity contribution < 1.29 is 14.3 Å². The summed E-state index contributed by atoms with van der Waals surface area (Å²) in [5, 5.41) is 6.09. The number of piperidine rings is 1. The predicted octanol–water partition coefficient (Wildman–Crippen LogP) is 4.98. The van der Waals surface area contributed by atoms with Crippen molar-refractivity contribution in [1.29, 1.82) is 0 Å². The lowest BCUT2D eigenvalue weighted by Gasteiger charge is -2.32. The van der Waals surface area contributed by atoms with Crippen molar-refractivity contribution in [2.24, 2.45) is 5.92 Å². The van der Waals surface area contributed by atoms with Gasteiger partial charge in [0.1, 0.15) is 11.4 Å². The number of rotatable bonds is 7. The van der Waals surface area contributed by atoms with E-state index in [1.165, 1.54) is 11.1 Å². The minimum absolute atomic E-state index is 0.0605. The number of carbonyl (C=O) groups excluding carboxylic acids is 2. The Bertz CT molecular complexity index is 1220. The summed E-state index contributed by atoms with van der Waals surface area (Å²) in [4.78, 5) is 32.4. The van der Waals surface area contributed by atoms with Gasteiger partial charge in [0, 0.05) is 30.5 Å². The SMILES string of the molecule is COc1ccccc1CC(=O)N1CCC(Cc2nc(C(=O)NC3CCCc4ccccc43)cs2)CC1. The molecule has 3 aromatic rings. The zero-order valence-corrected chi connectivity index (χ0v) is 21.6. The third-order valence-electron chi connectivity index (χ3n) is 7.42. The van der Waals surface area contributed by atoms with E-state index in [0.29, 0.717) is 18.0 Å². The Morgan fingerprint density at radius 2 is 1.86 bits per heavy atom. The van der Waals surface area contributed by atoms with Gasteiger partial charge in [-0.25, -0.2) is 4.98 Å². The van der Waals surface area contributed by atoms with Crippen LogP contribution in [-0.2, 0) is 24.1 Å². The summed E-state index contributed by atoms with van der Waals surface area (Å²) in [6, 6.07) is 16.2. The first-order valence-corrected chi connectivity index (χ1v) is 13.7. The molecule has 6 nitrogen and oxygen atoms in total. The van der Waals surface area contributed by atoms with Crippen LogP contribution in [0.15, 0.2) is 53.9 Å². The van der Waals surface area contributed by atoms with Gasteiger partial charge in [-0.1, -0.05) is 42.5 Å². The largest absolute Gasteiger partial charge is 0.496 e. The Balaban J connectivity index is 1.11. The van der Waals surface area contributed by atoms with Crippen molar-refractivity contribution in [3.63, 3.8) is 0 Å². The molecule has 1 N–H and O–H groups in total. The van der Waals surface area contributed by atoms with E-state index >= 15 is 0 Å². The number of amides is 2. The predicted molar refractivity (Wildman–Crippen MR) is 141 cm³/mol. The van der Waals surface area contributed by atoms with Crippen LogP contribution in [0.1, 0.15) is 63.9 Å². The number of hydrogen-bond donors (Lipinski definition) is 1. The molecule has 188 valence electrons. The molecule has 0 bridgehead atoms. The van der Waals surface area contributed by atoms with E-state index in [2.05, 4.69) is 28.5 Å². The average Bonchev–Trinajstić information content (AvgIpc) is 3.38. The molecule has 36 heavy (non-hydrogen) atoms. The number of para-hydroxylation sites is 1. The smallest absolute Gasteiger partial charge is 0.271 e. The minimum atomic E-state index is -0.0871. The molecule has 2 amide bonds. The Morgan fingerprint density at radius 1 is 1.08 bits per heavy atom. The Kier molecular flexibility index (Phi) is 7.66. The Hall–Kier alpha value is -3.19. The van der Waals surface area contributed by atoms with Crippen LogP contribution in [0.25, 0.3) is 0 Å². The molecule has 7 heteroatoms. The van der Waals surface area contributed by atoms with Gasteiger partial charge in [0.05, 0.1) is 24.6 Å². The van der Waals surface area contributed by atoms with Gasteiger partial charge >= 0.3 is 0 Å². The summed E-state index contributed by atoms with van der Waals surface area (Å²) >= 11 is 1.57. The quantitative estimate of drug-likeness (QED) is 0.494. The van der Waals surface area contributed by atoms with E-state index in [4.69, 9.17) is 4.74 Å². The normalized spacial score (nSPS) is 17.9. The molecule has 5 rings (SSSR count). The number of methoxy groups -OCH3 is 1. The van der Waals surface area contributed by atoms with Gasteiger partial charge < -0.3 is 15.0 Å². The van der Waals surface area contributed by atoms with Crippen molar-refractivity contribution in [3.8, 4) is 5.75 Å². The first kappa shape index (κ1) is 24.5. The maximum Gasteiger partial charge on any atom is 0.271 e.